The predicted octanol–water partition coefficient (Wildman–Crippen LogP) is 3.93. The highest BCUT2D eigenvalue weighted by molar-refractivity contribution is 7.99. The molecule has 0 radical (unpaired) electrons. The maximum absolute atomic E-state index is 3.78. The molecule has 2 unspecified atom stereocenters. The Balaban J connectivity index is 1.67. The van der Waals surface area contributed by atoms with E-state index >= 15 is 0 Å². The molecule has 2 atom stereocenters. The van der Waals surface area contributed by atoms with Crippen LogP contribution < -0.4 is 5.32 Å². The van der Waals surface area contributed by atoms with Gasteiger partial charge < -0.3 is 10.3 Å². The summed E-state index contributed by atoms with van der Waals surface area (Å²) in [7, 11) is 0. The molecule has 3 rings (SSSR count). The topological polar surface area (TPSA) is 27.8 Å². The lowest BCUT2D eigenvalue weighted by atomic mass is 10.1. The second-order valence-electron chi connectivity index (χ2n) is 5.27. The van der Waals surface area contributed by atoms with Crippen molar-refractivity contribution in [2.24, 2.45) is 0 Å². The highest BCUT2D eigenvalue weighted by atomic mass is 32.2. The molecule has 1 fully saturated rings. The lowest BCUT2D eigenvalue weighted by Crippen LogP contribution is -2.33. The molecule has 102 valence electrons. The van der Waals surface area contributed by atoms with E-state index < -0.39 is 0 Å². The minimum atomic E-state index is 0.694. The fourth-order valence-corrected chi connectivity index (χ4v) is 4.34. The number of fused-ring (bicyclic) bond motifs is 1. The highest BCUT2D eigenvalue weighted by Crippen LogP contribution is 2.30. The third kappa shape index (κ3) is 2.82. The number of rotatable bonds is 5. The first-order valence-corrected chi connectivity index (χ1v) is 8.33. The van der Waals surface area contributed by atoms with Gasteiger partial charge in [-0.3, -0.25) is 0 Å². The Morgan fingerprint density at radius 3 is 3.16 bits per heavy atom. The molecular weight excluding hydrogens is 252 g/mol. The SMILES string of the molecule is CCSC1CCCC1NCc1cccc2[nH]ccc12. The molecule has 0 aliphatic heterocycles. The lowest BCUT2D eigenvalue weighted by molar-refractivity contribution is 0.533. The van der Waals surface area contributed by atoms with Crippen molar-refractivity contribution in [3.05, 3.63) is 36.0 Å². The first kappa shape index (κ1) is 13.1. The largest absolute Gasteiger partial charge is 0.361 e. The van der Waals surface area contributed by atoms with E-state index in [1.165, 1.54) is 41.5 Å². The quantitative estimate of drug-likeness (QED) is 0.864. The molecule has 19 heavy (non-hydrogen) atoms. The zero-order valence-electron chi connectivity index (χ0n) is 11.5. The Labute approximate surface area is 119 Å². The minimum absolute atomic E-state index is 0.694. The summed E-state index contributed by atoms with van der Waals surface area (Å²) in [6, 6.07) is 9.39. The fourth-order valence-electron chi connectivity index (χ4n) is 3.12. The Kier molecular flexibility index (Phi) is 4.14. The summed E-state index contributed by atoms with van der Waals surface area (Å²) >= 11 is 2.12. The summed E-state index contributed by atoms with van der Waals surface area (Å²) in [6.07, 6.45) is 6.12. The van der Waals surface area contributed by atoms with E-state index in [0.717, 1.165) is 11.8 Å². The van der Waals surface area contributed by atoms with Crippen LogP contribution in [0.3, 0.4) is 0 Å². The summed E-state index contributed by atoms with van der Waals surface area (Å²) in [5, 5.41) is 5.95. The van der Waals surface area contributed by atoms with Gasteiger partial charge in [-0.1, -0.05) is 25.5 Å². The number of aromatic amines is 1. The van der Waals surface area contributed by atoms with E-state index in [0.29, 0.717) is 6.04 Å². The van der Waals surface area contributed by atoms with Crippen molar-refractivity contribution in [1.29, 1.82) is 0 Å². The van der Waals surface area contributed by atoms with Crippen LogP contribution in [0.1, 0.15) is 31.7 Å². The molecule has 1 heterocycles. The van der Waals surface area contributed by atoms with Crippen LogP contribution in [0.2, 0.25) is 0 Å². The molecule has 1 aromatic heterocycles. The average molecular weight is 274 g/mol. The Morgan fingerprint density at radius 1 is 1.32 bits per heavy atom. The van der Waals surface area contributed by atoms with Crippen LogP contribution in [0.25, 0.3) is 10.9 Å². The van der Waals surface area contributed by atoms with Gasteiger partial charge in [-0.05, 0) is 36.3 Å². The molecule has 0 bridgehead atoms. The fraction of sp³-hybridized carbons (Fsp3) is 0.500. The van der Waals surface area contributed by atoms with Gasteiger partial charge in [0.25, 0.3) is 0 Å². The minimum Gasteiger partial charge on any atom is -0.361 e. The van der Waals surface area contributed by atoms with Crippen LogP contribution in [0.15, 0.2) is 30.5 Å². The summed E-state index contributed by atoms with van der Waals surface area (Å²) in [5.74, 6) is 1.23. The zero-order valence-corrected chi connectivity index (χ0v) is 12.3. The molecule has 0 spiro atoms. The highest BCUT2D eigenvalue weighted by Gasteiger charge is 2.26. The Morgan fingerprint density at radius 2 is 2.26 bits per heavy atom. The molecule has 0 amide bonds. The van der Waals surface area contributed by atoms with E-state index in [4.69, 9.17) is 0 Å². The van der Waals surface area contributed by atoms with Gasteiger partial charge in [-0.25, -0.2) is 0 Å². The third-order valence-corrected chi connectivity index (χ3v) is 5.40. The van der Waals surface area contributed by atoms with Gasteiger partial charge in [-0.15, -0.1) is 0 Å². The molecule has 3 heteroatoms. The lowest BCUT2D eigenvalue weighted by Gasteiger charge is -2.20. The van der Waals surface area contributed by atoms with Crippen LogP contribution in [0.4, 0.5) is 0 Å². The molecule has 2 nitrogen and oxygen atoms in total. The number of thioether (sulfide) groups is 1. The van der Waals surface area contributed by atoms with Crippen molar-refractivity contribution in [2.45, 2.75) is 44.0 Å². The Hall–Kier alpha value is -0.930. The third-order valence-electron chi connectivity index (χ3n) is 4.07. The van der Waals surface area contributed by atoms with Crippen molar-refractivity contribution in [2.75, 3.05) is 5.75 Å². The van der Waals surface area contributed by atoms with Crippen LogP contribution in [-0.4, -0.2) is 22.0 Å². The van der Waals surface area contributed by atoms with Gasteiger partial charge in [0.05, 0.1) is 0 Å². The molecule has 1 aromatic carbocycles. The summed E-state index contributed by atoms with van der Waals surface area (Å²) in [6.45, 7) is 3.25. The standard InChI is InChI=1S/C16H22N2S/c1-2-19-16-8-4-7-15(16)18-11-12-5-3-6-14-13(12)9-10-17-14/h3,5-6,9-10,15-18H,2,4,7-8,11H2,1H3. The van der Waals surface area contributed by atoms with E-state index in [-0.39, 0.29) is 0 Å². The van der Waals surface area contributed by atoms with E-state index in [1.54, 1.807) is 0 Å². The van der Waals surface area contributed by atoms with Gasteiger partial charge in [0.1, 0.15) is 0 Å². The van der Waals surface area contributed by atoms with Crippen molar-refractivity contribution in [3.63, 3.8) is 0 Å². The molecule has 1 aliphatic rings. The number of nitrogens with one attached hydrogen (secondary N) is 2. The maximum atomic E-state index is 3.78. The van der Waals surface area contributed by atoms with E-state index in [1.807, 2.05) is 6.20 Å². The van der Waals surface area contributed by atoms with Crippen molar-refractivity contribution in [1.82, 2.24) is 10.3 Å². The van der Waals surface area contributed by atoms with Gasteiger partial charge in [-0.2, -0.15) is 11.8 Å². The van der Waals surface area contributed by atoms with Crippen molar-refractivity contribution >= 4 is 22.7 Å². The van der Waals surface area contributed by atoms with Gasteiger partial charge in [0, 0.05) is 34.9 Å². The maximum Gasteiger partial charge on any atom is 0.0457 e. The molecule has 1 saturated carbocycles. The zero-order chi connectivity index (χ0) is 13.1. The number of hydrogen-bond acceptors (Lipinski definition) is 2. The number of H-pyrrole nitrogens is 1. The number of hydrogen-bond donors (Lipinski definition) is 2. The Bertz CT molecular complexity index is 534. The average Bonchev–Trinajstić information content (AvgIpc) is 3.05. The molecule has 2 N–H and O–H groups in total. The van der Waals surface area contributed by atoms with Crippen molar-refractivity contribution < 1.29 is 0 Å². The molecule has 1 aliphatic carbocycles. The monoisotopic (exact) mass is 274 g/mol. The first-order valence-electron chi connectivity index (χ1n) is 7.28. The van der Waals surface area contributed by atoms with Gasteiger partial charge >= 0.3 is 0 Å². The van der Waals surface area contributed by atoms with Gasteiger partial charge in [0.2, 0.25) is 0 Å². The van der Waals surface area contributed by atoms with Gasteiger partial charge in [0.15, 0.2) is 0 Å². The van der Waals surface area contributed by atoms with E-state index in [2.05, 4.69) is 53.3 Å². The molecule has 2 aromatic rings. The first-order chi connectivity index (χ1) is 9.38. The second-order valence-corrected chi connectivity index (χ2v) is 6.78. The second kappa shape index (κ2) is 6.02. The normalized spacial score (nSPS) is 23.2. The van der Waals surface area contributed by atoms with Crippen LogP contribution in [0, 0.1) is 0 Å². The molecular formula is C16H22N2S. The van der Waals surface area contributed by atoms with Crippen LogP contribution >= 0.6 is 11.8 Å². The molecule has 0 saturated heterocycles. The van der Waals surface area contributed by atoms with Crippen LogP contribution in [-0.2, 0) is 6.54 Å². The van der Waals surface area contributed by atoms with Crippen LogP contribution in [0.5, 0.6) is 0 Å². The summed E-state index contributed by atoms with van der Waals surface area (Å²) in [5.41, 5.74) is 2.65. The summed E-state index contributed by atoms with van der Waals surface area (Å²) in [4.78, 5) is 3.29. The van der Waals surface area contributed by atoms with E-state index in [9.17, 15) is 0 Å². The summed E-state index contributed by atoms with van der Waals surface area (Å²) < 4.78 is 0. The number of benzene rings is 1. The van der Waals surface area contributed by atoms with Crippen molar-refractivity contribution in [3.8, 4) is 0 Å². The number of aromatic nitrogens is 1. The smallest absolute Gasteiger partial charge is 0.0457 e. The predicted molar refractivity (Wildman–Crippen MR) is 84.7 cm³/mol.